The summed E-state index contributed by atoms with van der Waals surface area (Å²) in [5.74, 6) is 0.764. The summed E-state index contributed by atoms with van der Waals surface area (Å²) >= 11 is 0. The fourth-order valence-electron chi connectivity index (χ4n) is 1.47. The molecule has 2 N–H and O–H groups in total. The Hall–Kier alpha value is -0.120. The third-order valence-corrected chi connectivity index (χ3v) is 2.39. The summed E-state index contributed by atoms with van der Waals surface area (Å²) in [7, 11) is 0. The number of hydrogen-bond acceptors (Lipinski definition) is 3. The minimum Gasteiger partial charge on any atom is -0.395 e. The van der Waals surface area contributed by atoms with Gasteiger partial charge >= 0.3 is 0 Å². The second-order valence-electron chi connectivity index (χ2n) is 4.37. The molecular weight excluding hydrogens is 190 g/mol. The SMILES string of the molecule is CCNC(CO)CCOCCCC(C)C. The largest absolute Gasteiger partial charge is 0.395 e. The lowest BCUT2D eigenvalue weighted by atomic mass is 10.1. The van der Waals surface area contributed by atoms with Crippen molar-refractivity contribution in [3.05, 3.63) is 0 Å². The molecule has 0 rings (SSSR count). The molecule has 0 radical (unpaired) electrons. The Morgan fingerprint density at radius 2 is 1.93 bits per heavy atom. The van der Waals surface area contributed by atoms with Crippen molar-refractivity contribution in [1.29, 1.82) is 0 Å². The molecular formula is C12H27NO2. The first kappa shape index (κ1) is 14.9. The lowest BCUT2D eigenvalue weighted by Gasteiger charge is -2.14. The van der Waals surface area contributed by atoms with Crippen LogP contribution in [-0.2, 0) is 4.74 Å². The standard InChI is InChI=1S/C12H27NO2/c1-4-13-12(10-14)7-9-15-8-5-6-11(2)3/h11-14H,4-10H2,1-3H3. The number of ether oxygens (including phenoxy) is 1. The van der Waals surface area contributed by atoms with Crippen molar-refractivity contribution in [1.82, 2.24) is 5.32 Å². The van der Waals surface area contributed by atoms with Gasteiger partial charge in [-0.15, -0.1) is 0 Å². The monoisotopic (exact) mass is 217 g/mol. The van der Waals surface area contributed by atoms with Crippen molar-refractivity contribution in [2.45, 2.75) is 46.1 Å². The van der Waals surface area contributed by atoms with Gasteiger partial charge in [0.1, 0.15) is 0 Å². The average Bonchev–Trinajstić information content (AvgIpc) is 2.21. The van der Waals surface area contributed by atoms with E-state index in [2.05, 4.69) is 19.2 Å². The molecule has 0 aliphatic heterocycles. The van der Waals surface area contributed by atoms with Gasteiger partial charge in [0.15, 0.2) is 0 Å². The molecule has 0 spiro atoms. The molecule has 0 aliphatic rings. The highest BCUT2D eigenvalue weighted by molar-refractivity contribution is 4.63. The number of aliphatic hydroxyl groups is 1. The van der Waals surface area contributed by atoms with Crippen LogP contribution in [0.25, 0.3) is 0 Å². The summed E-state index contributed by atoms with van der Waals surface area (Å²) in [6.45, 7) is 9.20. The van der Waals surface area contributed by atoms with E-state index in [4.69, 9.17) is 9.84 Å². The zero-order valence-electron chi connectivity index (χ0n) is 10.5. The second-order valence-corrected chi connectivity index (χ2v) is 4.37. The number of likely N-dealkylation sites (N-methyl/N-ethyl adjacent to an activating group) is 1. The summed E-state index contributed by atoms with van der Waals surface area (Å²) in [5.41, 5.74) is 0. The fraction of sp³-hybridized carbons (Fsp3) is 1.00. The molecule has 0 aliphatic carbocycles. The summed E-state index contributed by atoms with van der Waals surface area (Å²) < 4.78 is 5.51. The molecule has 0 fully saturated rings. The first-order valence-electron chi connectivity index (χ1n) is 6.12. The van der Waals surface area contributed by atoms with E-state index < -0.39 is 0 Å². The zero-order valence-corrected chi connectivity index (χ0v) is 10.5. The van der Waals surface area contributed by atoms with Crippen LogP contribution in [0, 0.1) is 5.92 Å². The van der Waals surface area contributed by atoms with E-state index in [1.807, 2.05) is 6.92 Å². The number of rotatable bonds is 10. The molecule has 15 heavy (non-hydrogen) atoms. The van der Waals surface area contributed by atoms with Gasteiger partial charge in [-0.05, 0) is 31.7 Å². The van der Waals surface area contributed by atoms with Crippen molar-refractivity contribution < 1.29 is 9.84 Å². The highest BCUT2D eigenvalue weighted by Gasteiger charge is 2.04. The Balaban J connectivity index is 3.21. The molecule has 0 saturated carbocycles. The quantitative estimate of drug-likeness (QED) is 0.548. The number of nitrogens with one attached hydrogen (secondary N) is 1. The van der Waals surface area contributed by atoms with Crippen LogP contribution in [0.1, 0.15) is 40.0 Å². The van der Waals surface area contributed by atoms with Gasteiger partial charge in [0, 0.05) is 19.3 Å². The molecule has 1 atom stereocenters. The van der Waals surface area contributed by atoms with Gasteiger partial charge in [0.05, 0.1) is 6.61 Å². The maximum Gasteiger partial charge on any atom is 0.0585 e. The summed E-state index contributed by atoms with van der Waals surface area (Å²) in [4.78, 5) is 0. The van der Waals surface area contributed by atoms with Crippen LogP contribution in [0.3, 0.4) is 0 Å². The Morgan fingerprint density at radius 1 is 1.20 bits per heavy atom. The summed E-state index contributed by atoms with van der Waals surface area (Å²) in [6, 6.07) is 0.195. The molecule has 92 valence electrons. The fourth-order valence-corrected chi connectivity index (χ4v) is 1.47. The first-order valence-corrected chi connectivity index (χ1v) is 6.12. The minimum atomic E-state index is 0.195. The molecule has 1 unspecified atom stereocenters. The smallest absolute Gasteiger partial charge is 0.0585 e. The van der Waals surface area contributed by atoms with Gasteiger partial charge in [-0.2, -0.15) is 0 Å². The molecule has 3 nitrogen and oxygen atoms in total. The molecule has 0 aromatic heterocycles. The Labute approximate surface area is 94.2 Å². The van der Waals surface area contributed by atoms with Crippen molar-refractivity contribution in [3.63, 3.8) is 0 Å². The van der Waals surface area contributed by atoms with Gasteiger partial charge in [-0.3, -0.25) is 0 Å². The molecule has 0 aromatic carbocycles. The van der Waals surface area contributed by atoms with Crippen molar-refractivity contribution in [3.8, 4) is 0 Å². The summed E-state index contributed by atoms with van der Waals surface area (Å²) in [6.07, 6.45) is 3.27. The third-order valence-electron chi connectivity index (χ3n) is 2.39. The number of aliphatic hydroxyl groups excluding tert-OH is 1. The predicted molar refractivity (Wildman–Crippen MR) is 64.1 cm³/mol. The highest BCUT2D eigenvalue weighted by atomic mass is 16.5. The van der Waals surface area contributed by atoms with Crippen molar-refractivity contribution >= 4 is 0 Å². The van der Waals surface area contributed by atoms with E-state index in [0.717, 1.165) is 38.5 Å². The molecule has 0 amide bonds. The van der Waals surface area contributed by atoms with Gasteiger partial charge < -0.3 is 15.2 Å². The lowest BCUT2D eigenvalue weighted by Crippen LogP contribution is -2.33. The molecule has 0 bridgehead atoms. The van der Waals surface area contributed by atoms with Gasteiger partial charge in [0.25, 0.3) is 0 Å². The van der Waals surface area contributed by atoms with Crippen molar-refractivity contribution in [2.24, 2.45) is 5.92 Å². The van der Waals surface area contributed by atoms with Crippen LogP contribution in [0.15, 0.2) is 0 Å². The molecule has 3 heteroatoms. The Kier molecular flexibility index (Phi) is 10.3. The topological polar surface area (TPSA) is 41.5 Å². The maximum atomic E-state index is 9.01. The normalized spacial score (nSPS) is 13.4. The van der Waals surface area contributed by atoms with Gasteiger partial charge in [-0.1, -0.05) is 20.8 Å². The van der Waals surface area contributed by atoms with Gasteiger partial charge in [-0.25, -0.2) is 0 Å². The second kappa shape index (κ2) is 10.4. The maximum absolute atomic E-state index is 9.01. The summed E-state index contributed by atoms with van der Waals surface area (Å²) in [5, 5.41) is 12.2. The first-order chi connectivity index (χ1) is 7.20. The van der Waals surface area contributed by atoms with E-state index >= 15 is 0 Å². The zero-order chi connectivity index (χ0) is 11.5. The van der Waals surface area contributed by atoms with Crippen LogP contribution < -0.4 is 5.32 Å². The minimum absolute atomic E-state index is 0.195. The molecule has 0 saturated heterocycles. The van der Waals surface area contributed by atoms with E-state index in [0.29, 0.717) is 0 Å². The van der Waals surface area contributed by atoms with Crippen LogP contribution in [0.4, 0.5) is 0 Å². The van der Waals surface area contributed by atoms with E-state index in [1.54, 1.807) is 0 Å². The van der Waals surface area contributed by atoms with Crippen molar-refractivity contribution in [2.75, 3.05) is 26.4 Å². The third kappa shape index (κ3) is 10.2. The Bertz CT molecular complexity index is 129. The van der Waals surface area contributed by atoms with E-state index in [1.165, 1.54) is 6.42 Å². The number of hydrogen-bond donors (Lipinski definition) is 2. The molecule has 0 heterocycles. The average molecular weight is 217 g/mol. The predicted octanol–water partition coefficient (Wildman–Crippen LogP) is 1.80. The highest BCUT2D eigenvalue weighted by Crippen LogP contribution is 2.03. The molecule has 0 aromatic rings. The van der Waals surface area contributed by atoms with Gasteiger partial charge in [0.2, 0.25) is 0 Å². The van der Waals surface area contributed by atoms with Crippen LogP contribution in [-0.4, -0.2) is 37.5 Å². The van der Waals surface area contributed by atoms with Crippen LogP contribution in [0.5, 0.6) is 0 Å². The lowest BCUT2D eigenvalue weighted by molar-refractivity contribution is 0.109. The van der Waals surface area contributed by atoms with Crippen LogP contribution in [0.2, 0.25) is 0 Å². The van der Waals surface area contributed by atoms with E-state index in [-0.39, 0.29) is 12.6 Å². The van der Waals surface area contributed by atoms with E-state index in [9.17, 15) is 0 Å². The Morgan fingerprint density at radius 3 is 2.47 bits per heavy atom. The van der Waals surface area contributed by atoms with Crippen LogP contribution >= 0.6 is 0 Å².